The van der Waals surface area contributed by atoms with Crippen LogP contribution in [0.4, 0.5) is 0 Å². The quantitative estimate of drug-likeness (QED) is 0.727. The molecule has 1 rings (SSSR count). The van der Waals surface area contributed by atoms with Crippen molar-refractivity contribution in [1.29, 1.82) is 0 Å². The van der Waals surface area contributed by atoms with Crippen LogP contribution in [0.5, 0.6) is 0 Å². The van der Waals surface area contributed by atoms with Crippen LogP contribution in [0, 0.1) is 11.8 Å². The molecule has 2 heteroatoms. The van der Waals surface area contributed by atoms with Crippen LogP contribution in [-0.2, 0) is 0 Å². The van der Waals surface area contributed by atoms with E-state index < -0.39 is 0 Å². The average molecular weight is 212 g/mol. The summed E-state index contributed by atoms with van der Waals surface area (Å²) in [5.74, 6) is 1.76. The van der Waals surface area contributed by atoms with Crippen LogP contribution in [0.1, 0.15) is 40.0 Å². The van der Waals surface area contributed by atoms with Crippen LogP contribution in [-0.4, -0.2) is 37.6 Å². The molecule has 1 aliphatic heterocycles. The number of hydrogen-bond donors (Lipinski definition) is 1. The first kappa shape index (κ1) is 13.0. The van der Waals surface area contributed by atoms with Gasteiger partial charge in [-0.15, -0.1) is 0 Å². The first-order valence-electron chi connectivity index (χ1n) is 6.69. The lowest BCUT2D eigenvalue weighted by atomic mass is 9.95. The molecular weight excluding hydrogens is 184 g/mol. The molecule has 2 unspecified atom stereocenters. The van der Waals surface area contributed by atoms with E-state index in [1.807, 2.05) is 0 Å². The van der Waals surface area contributed by atoms with Gasteiger partial charge in [-0.25, -0.2) is 0 Å². The molecule has 1 N–H and O–H groups in total. The second kappa shape index (κ2) is 7.24. The topological polar surface area (TPSA) is 15.3 Å². The van der Waals surface area contributed by atoms with E-state index in [1.54, 1.807) is 0 Å². The van der Waals surface area contributed by atoms with Crippen LogP contribution < -0.4 is 5.32 Å². The van der Waals surface area contributed by atoms with Crippen molar-refractivity contribution in [2.45, 2.75) is 40.0 Å². The standard InChI is InChI=1S/C13H28N2/c1-4-13-7-6-8-15(11-13)10-12(3)9-14-5-2/h12-14H,4-11H2,1-3H3. The number of piperidine rings is 1. The van der Waals surface area contributed by atoms with Crippen molar-refractivity contribution in [2.75, 3.05) is 32.7 Å². The number of nitrogens with one attached hydrogen (secondary N) is 1. The van der Waals surface area contributed by atoms with Gasteiger partial charge in [0, 0.05) is 13.1 Å². The Labute approximate surface area is 95.4 Å². The summed E-state index contributed by atoms with van der Waals surface area (Å²) in [5, 5.41) is 3.44. The lowest BCUT2D eigenvalue weighted by Crippen LogP contribution is -2.39. The maximum absolute atomic E-state index is 3.44. The minimum Gasteiger partial charge on any atom is -0.317 e. The van der Waals surface area contributed by atoms with Gasteiger partial charge in [-0.3, -0.25) is 0 Å². The second-order valence-corrected chi connectivity index (χ2v) is 5.09. The Morgan fingerprint density at radius 3 is 2.87 bits per heavy atom. The molecular formula is C13H28N2. The third-order valence-corrected chi connectivity index (χ3v) is 3.49. The maximum Gasteiger partial charge on any atom is 0.00193 e. The molecule has 1 heterocycles. The summed E-state index contributed by atoms with van der Waals surface area (Å²) in [6.07, 6.45) is 4.22. The molecule has 0 saturated carbocycles. The highest BCUT2D eigenvalue weighted by atomic mass is 15.1. The lowest BCUT2D eigenvalue weighted by molar-refractivity contribution is 0.152. The van der Waals surface area contributed by atoms with Gasteiger partial charge in [-0.05, 0) is 44.3 Å². The molecule has 0 aromatic rings. The fourth-order valence-corrected chi connectivity index (χ4v) is 2.55. The van der Waals surface area contributed by atoms with Gasteiger partial charge in [0.1, 0.15) is 0 Å². The number of nitrogens with zero attached hydrogens (tertiary/aromatic N) is 1. The minimum absolute atomic E-state index is 0.792. The molecule has 0 radical (unpaired) electrons. The first-order chi connectivity index (χ1) is 7.26. The number of rotatable bonds is 6. The van der Waals surface area contributed by atoms with Gasteiger partial charge in [0.2, 0.25) is 0 Å². The molecule has 0 aliphatic carbocycles. The summed E-state index contributed by atoms with van der Waals surface area (Å²) in [7, 11) is 0. The van der Waals surface area contributed by atoms with Crippen molar-refractivity contribution in [3.05, 3.63) is 0 Å². The van der Waals surface area contributed by atoms with Gasteiger partial charge in [0.25, 0.3) is 0 Å². The predicted octanol–water partition coefficient (Wildman–Crippen LogP) is 2.35. The molecule has 15 heavy (non-hydrogen) atoms. The zero-order chi connectivity index (χ0) is 11.1. The molecule has 0 aromatic carbocycles. The summed E-state index contributed by atoms with van der Waals surface area (Å²) < 4.78 is 0. The van der Waals surface area contributed by atoms with Crippen molar-refractivity contribution in [1.82, 2.24) is 10.2 Å². The van der Waals surface area contributed by atoms with Crippen LogP contribution in [0.25, 0.3) is 0 Å². The fourth-order valence-electron chi connectivity index (χ4n) is 2.55. The highest BCUT2D eigenvalue weighted by Crippen LogP contribution is 2.19. The van der Waals surface area contributed by atoms with Gasteiger partial charge < -0.3 is 10.2 Å². The summed E-state index contributed by atoms with van der Waals surface area (Å²) in [6.45, 7) is 13.1. The fraction of sp³-hybridized carbons (Fsp3) is 1.00. The van der Waals surface area contributed by atoms with Crippen molar-refractivity contribution in [3.63, 3.8) is 0 Å². The number of likely N-dealkylation sites (tertiary alicyclic amines) is 1. The van der Waals surface area contributed by atoms with Gasteiger partial charge in [0.15, 0.2) is 0 Å². The summed E-state index contributed by atoms with van der Waals surface area (Å²) >= 11 is 0. The second-order valence-electron chi connectivity index (χ2n) is 5.09. The molecule has 1 fully saturated rings. The summed E-state index contributed by atoms with van der Waals surface area (Å²) in [5.41, 5.74) is 0. The monoisotopic (exact) mass is 212 g/mol. The predicted molar refractivity (Wildman–Crippen MR) is 67.2 cm³/mol. The molecule has 0 bridgehead atoms. The maximum atomic E-state index is 3.44. The van der Waals surface area contributed by atoms with E-state index >= 15 is 0 Å². The highest BCUT2D eigenvalue weighted by Gasteiger charge is 2.19. The van der Waals surface area contributed by atoms with Gasteiger partial charge in [0.05, 0.1) is 0 Å². The molecule has 2 nitrogen and oxygen atoms in total. The van der Waals surface area contributed by atoms with Crippen LogP contribution in [0.2, 0.25) is 0 Å². The first-order valence-corrected chi connectivity index (χ1v) is 6.69. The highest BCUT2D eigenvalue weighted by molar-refractivity contribution is 4.74. The zero-order valence-corrected chi connectivity index (χ0v) is 10.8. The van der Waals surface area contributed by atoms with Gasteiger partial charge in [-0.2, -0.15) is 0 Å². The Kier molecular flexibility index (Phi) is 6.26. The van der Waals surface area contributed by atoms with Crippen LogP contribution in [0.15, 0.2) is 0 Å². The van der Waals surface area contributed by atoms with E-state index in [9.17, 15) is 0 Å². The molecule has 0 spiro atoms. The Bertz CT molecular complexity index is 159. The van der Waals surface area contributed by atoms with Crippen molar-refractivity contribution in [3.8, 4) is 0 Å². The molecule has 0 amide bonds. The third-order valence-electron chi connectivity index (χ3n) is 3.49. The Hall–Kier alpha value is -0.0800. The normalized spacial score (nSPS) is 25.4. The summed E-state index contributed by atoms with van der Waals surface area (Å²) in [4.78, 5) is 2.67. The Balaban J connectivity index is 2.19. The largest absolute Gasteiger partial charge is 0.317 e. The summed E-state index contributed by atoms with van der Waals surface area (Å²) in [6, 6.07) is 0. The SMILES string of the molecule is CCNCC(C)CN1CCCC(CC)C1. The molecule has 0 aromatic heterocycles. The third kappa shape index (κ3) is 4.98. The smallest absolute Gasteiger partial charge is 0.00193 e. The molecule has 1 saturated heterocycles. The van der Waals surface area contributed by atoms with Crippen LogP contribution >= 0.6 is 0 Å². The molecule has 2 atom stereocenters. The lowest BCUT2D eigenvalue weighted by Gasteiger charge is -2.34. The van der Waals surface area contributed by atoms with Crippen molar-refractivity contribution < 1.29 is 0 Å². The number of hydrogen-bond acceptors (Lipinski definition) is 2. The van der Waals surface area contributed by atoms with Crippen molar-refractivity contribution in [2.24, 2.45) is 11.8 Å². The Morgan fingerprint density at radius 1 is 1.40 bits per heavy atom. The van der Waals surface area contributed by atoms with E-state index in [1.165, 1.54) is 45.4 Å². The van der Waals surface area contributed by atoms with E-state index in [0.29, 0.717) is 0 Å². The van der Waals surface area contributed by atoms with Gasteiger partial charge >= 0.3 is 0 Å². The van der Waals surface area contributed by atoms with E-state index in [4.69, 9.17) is 0 Å². The molecule has 1 aliphatic rings. The van der Waals surface area contributed by atoms with E-state index in [2.05, 4.69) is 31.0 Å². The molecule has 90 valence electrons. The Morgan fingerprint density at radius 2 is 2.20 bits per heavy atom. The van der Waals surface area contributed by atoms with E-state index in [-0.39, 0.29) is 0 Å². The van der Waals surface area contributed by atoms with Gasteiger partial charge in [-0.1, -0.05) is 27.2 Å². The van der Waals surface area contributed by atoms with E-state index in [0.717, 1.165) is 18.4 Å². The van der Waals surface area contributed by atoms with Crippen LogP contribution in [0.3, 0.4) is 0 Å². The average Bonchev–Trinajstić information content (AvgIpc) is 2.26. The van der Waals surface area contributed by atoms with Crippen molar-refractivity contribution >= 4 is 0 Å². The zero-order valence-electron chi connectivity index (χ0n) is 10.8. The minimum atomic E-state index is 0.792.